The summed E-state index contributed by atoms with van der Waals surface area (Å²) < 4.78 is 6.67. The maximum Gasteiger partial charge on any atom is 0.149 e. The van der Waals surface area contributed by atoms with Crippen molar-refractivity contribution in [2.45, 2.75) is 31.6 Å². The van der Waals surface area contributed by atoms with Crippen LogP contribution in [0.1, 0.15) is 30.5 Å². The van der Waals surface area contributed by atoms with E-state index in [1.54, 1.807) is 0 Å². The van der Waals surface area contributed by atoms with Gasteiger partial charge in [-0.3, -0.25) is 4.79 Å². The van der Waals surface area contributed by atoms with Gasteiger partial charge in [0.2, 0.25) is 0 Å². The van der Waals surface area contributed by atoms with Gasteiger partial charge in [0.25, 0.3) is 0 Å². The molecule has 27 heavy (non-hydrogen) atoms. The van der Waals surface area contributed by atoms with Gasteiger partial charge in [-0.25, -0.2) is 0 Å². The zero-order chi connectivity index (χ0) is 19.3. The summed E-state index contributed by atoms with van der Waals surface area (Å²) in [5.41, 5.74) is 8.23. The Morgan fingerprint density at radius 3 is 1.41 bits per heavy atom. The molecular formula is C24H25NO2. The number of ether oxygens (including phenoxy) is 1. The Morgan fingerprint density at radius 2 is 1.11 bits per heavy atom. The van der Waals surface area contributed by atoms with Crippen LogP contribution in [0.4, 0.5) is 0 Å². The van der Waals surface area contributed by atoms with E-state index in [1.165, 1.54) is 6.92 Å². The van der Waals surface area contributed by atoms with Crippen molar-refractivity contribution < 1.29 is 9.53 Å². The van der Waals surface area contributed by atoms with Crippen molar-refractivity contribution in [1.82, 2.24) is 0 Å². The van der Waals surface area contributed by atoms with Crippen LogP contribution in [-0.4, -0.2) is 17.9 Å². The van der Waals surface area contributed by atoms with E-state index in [-0.39, 0.29) is 5.78 Å². The van der Waals surface area contributed by atoms with Crippen molar-refractivity contribution in [2.24, 2.45) is 5.73 Å². The van der Waals surface area contributed by atoms with Crippen LogP contribution in [-0.2, 0) is 15.1 Å². The van der Waals surface area contributed by atoms with Crippen molar-refractivity contribution in [3.8, 4) is 0 Å². The molecule has 1 unspecified atom stereocenters. The molecule has 0 aromatic heterocycles. The van der Waals surface area contributed by atoms with Gasteiger partial charge in [0.15, 0.2) is 0 Å². The van der Waals surface area contributed by atoms with Crippen LogP contribution in [0.25, 0.3) is 0 Å². The highest BCUT2D eigenvalue weighted by Crippen LogP contribution is 2.41. The topological polar surface area (TPSA) is 52.3 Å². The SMILES string of the molecule is CC(=O)[C@@H](N)C(C)OC(c1ccccc1)(c1ccccc1)c1ccccc1. The molecule has 0 saturated heterocycles. The molecule has 3 rings (SSSR count). The van der Waals surface area contributed by atoms with Crippen LogP contribution >= 0.6 is 0 Å². The summed E-state index contributed by atoms with van der Waals surface area (Å²) in [7, 11) is 0. The molecule has 2 atom stereocenters. The first-order chi connectivity index (χ1) is 13.1. The van der Waals surface area contributed by atoms with E-state index in [9.17, 15) is 4.79 Å². The van der Waals surface area contributed by atoms with Gasteiger partial charge in [-0.1, -0.05) is 91.0 Å². The molecule has 3 nitrogen and oxygen atoms in total. The van der Waals surface area contributed by atoms with Gasteiger partial charge >= 0.3 is 0 Å². The van der Waals surface area contributed by atoms with Crippen molar-refractivity contribution in [1.29, 1.82) is 0 Å². The lowest BCUT2D eigenvalue weighted by Crippen LogP contribution is -2.46. The predicted molar refractivity (Wildman–Crippen MR) is 108 cm³/mol. The molecule has 0 spiro atoms. The van der Waals surface area contributed by atoms with Crippen molar-refractivity contribution in [2.75, 3.05) is 0 Å². The largest absolute Gasteiger partial charge is 0.356 e. The molecule has 2 N–H and O–H groups in total. The summed E-state index contributed by atoms with van der Waals surface area (Å²) in [6.45, 7) is 3.36. The Morgan fingerprint density at radius 1 is 0.778 bits per heavy atom. The Kier molecular flexibility index (Phi) is 5.84. The number of carbonyl (C=O) groups is 1. The van der Waals surface area contributed by atoms with Crippen LogP contribution in [0.5, 0.6) is 0 Å². The van der Waals surface area contributed by atoms with Gasteiger partial charge in [0.05, 0.1) is 12.1 Å². The number of benzene rings is 3. The normalized spacial score (nSPS) is 13.7. The van der Waals surface area contributed by atoms with E-state index >= 15 is 0 Å². The molecule has 0 bridgehead atoms. The third-order valence-corrected chi connectivity index (χ3v) is 4.88. The monoisotopic (exact) mass is 359 g/mol. The van der Waals surface area contributed by atoms with Gasteiger partial charge in [-0.2, -0.15) is 0 Å². The Balaban J connectivity index is 2.24. The highest BCUT2D eigenvalue weighted by Gasteiger charge is 2.40. The summed E-state index contributed by atoms with van der Waals surface area (Å²) in [4.78, 5) is 11.9. The Bertz CT molecular complexity index is 766. The summed E-state index contributed by atoms with van der Waals surface area (Å²) in [5.74, 6) is -0.0921. The van der Waals surface area contributed by atoms with E-state index in [2.05, 4.69) is 0 Å². The minimum atomic E-state index is -0.865. The zero-order valence-electron chi connectivity index (χ0n) is 15.7. The number of carbonyl (C=O) groups excluding carboxylic acids is 1. The molecule has 138 valence electrons. The van der Waals surface area contributed by atoms with Crippen molar-refractivity contribution >= 4 is 5.78 Å². The van der Waals surface area contributed by atoms with Crippen LogP contribution in [0, 0.1) is 0 Å². The van der Waals surface area contributed by atoms with Crippen LogP contribution in [0.2, 0.25) is 0 Å². The molecule has 0 heterocycles. The van der Waals surface area contributed by atoms with Gasteiger partial charge in [-0.05, 0) is 30.5 Å². The van der Waals surface area contributed by atoms with Gasteiger partial charge in [0.1, 0.15) is 11.4 Å². The van der Waals surface area contributed by atoms with E-state index in [4.69, 9.17) is 10.5 Å². The minimum Gasteiger partial charge on any atom is -0.356 e. The number of Topliss-reactive ketones (excluding diaryl/α,β-unsaturated/α-hetero) is 1. The number of ketones is 1. The van der Waals surface area contributed by atoms with E-state index in [0.717, 1.165) is 16.7 Å². The summed E-state index contributed by atoms with van der Waals surface area (Å²) >= 11 is 0. The average Bonchev–Trinajstić information content (AvgIpc) is 2.73. The number of hydrogen-bond acceptors (Lipinski definition) is 3. The summed E-state index contributed by atoms with van der Waals surface area (Å²) in [6, 6.07) is 29.5. The van der Waals surface area contributed by atoms with Crippen LogP contribution in [0.3, 0.4) is 0 Å². The predicted octanol–water partition coefficient (Wildman–Crippen LogP) is 4.30. The summed E-state index contributed by atoms with van der Waals surface area (Å²) in [6.07, 6.45) is -0.469. The molecule has 0 fully saturated rings. The fraction of sp³-hybridized carbons (Fsp3) is 0.208. The molecule has 0 aliphatic heterocycles. The molecule has 3 heteroatoms. The van der Waals surface area contributed by atoms with E-state index < -0.39 is 17.7 Å². The van der Waals surface area contributed by atoms with Crippen molar-refractivity contribution in [3.63, 3.8) is 0 Å². The standard InChI is InChI=1S/C24H25NO2/c1-18(26)23(25)19(2)27-24(20-12-6-3-7-13-20,21-14-8-4-9-15-21)22-16-10-5-11-17-22/h3-17,19,23H,25H2,1-2H3/t19?,23-/m1/s1. The molecule has 0 radical (unpaired) electrons. The first-order valence-corrected chi connectivity index (χ1v) is 9.16. The Labute approximate surface area is 160 Å². The van der Waals surface area contributed by atoms with Gasteiger partial charge in [0, 0.05) is 0 Å². The minimum absolute atomic E-state index is 0.0921. The number of rotatable bonds is 7. The first kappa shape index (κ1) is 19.0. The fourth-order valence-electron chi connectivity index (χ4n) is 3.41. The molecule has 0 aliphatic rings. The maximum absolute atomic E-state index is 11.9. The zero-order valence-corrected chi connectivity index (χ0v) is 15.7. The number of nitrogens with two attached hydrogens (primary N) is 1. The lowest BCUT2D eigenvalue weighted by molar-refractivity contribution is -0.124. The second-order valence-electron chi connectivity index (χ2n) is 6.74. The molecule has 0 saturated carbocycles. The first-order valence-electron chi connectivity index (χ1n) is 9.16. The molecular weight excluding hydrogens is 334 g/mol. The van der Waals surface area contributed by atoms with Gasteiger partial charge < -0.3 is 10.5 Å². The fourth-order valence-corrected chi connectivity index (χ4v) is 3.41. The van der Waals surface area contributed by atoms with Crippen LogP contribution in [0.15, 0.2) is 91.0 Å². The highest BCUT2D eigenvalue weighted by atomic mass is 16.5. The summed E-state index contributed by atoms with van der Waals surface area (Å²) in [5, 5.41) is 0. The Hall–Kier alpha value is -2.75. The maximum atomic E-state index is 11.9. The molecule has 0 aliphatic carbocycles. The molecule has 0 amide bonds. The average molecular weight is 359 g/mol. The molecule has 3 aromatic rings. The van der Waals surface area contributed by atoms with Crippen LogP contribution < -0.4 is 5.73 Å². The quantitative estimate of drug-likeness (QED) is 0.640. The van der Waals surface area contributed by atoms with Crippen molar-refractivity contribution in [3.05, 3.63) is 108 Å². The third kappa shape index (κ3) is 3.85. The highest BCUT2D eigenvalue weighted by molar-refractivity contribution is 5.81. The number of hydrogen-bond donors (Lipinski definition) is 1. The lowest BCUT2D eigenvalue weighted by Gasteiger charge is -2.39. The lowest BCUT2D eigenvalue weighted by atomic mass is 9.79. The van der Waals surface area contributed by atoms with E-state index in [1.807, 2.05) is 97.9 Å². The second kappa shape index (κ2) is 8.30. The van der Waals surface area contributed by atoms with E-state index in [0.29, 0.717) is 0 Å². The van der Waals surface area contributed by atoms with Gasteiger partial charge in [-0.15, -0.1) is 0 Å². The smallest absolute Gasteiger partial charge is 0.149 e. The second-order valence-corrected chi connectivity index (χ2v) is 6.74. The third-order valence-electron chi connectivity index (χ3n) is 4.88. The molecule has 3 aromatic carbocycles.